The van der Waals surface area contributed by atoms with Crippen molar-refractivity contribution in [1.29, 1.82) is 0 Å². The van der Waals surface area contributed by atoms with Crippen LogP contribution in [0.5, 0.6) is 5.75 Å². The molecule has 0 bridgehead atoms. The Hall–Kier alpha value is -1.32. The number of hydrogen-bond donors (Lipinski definition) is 3. The summed E-state index contributed by atoms with van der Waals surface area (Å²) in [6.45, 7) is 15.1. The van der Waals surface area contributed by atoms with Crippen LogP contribution in [0.4, 0.5) is 0 Å². The van der Waals surface area contributed by atoms with Crippen LogP contribution >= 0.6 is 0 Å². The van der Waals surface area contributed by atoms with Crippen molar-refractivity contribution >= 4 is 5.57 Å². The van der Waals surface area contributed by atoms with Crippen molar-refractivity contribution in [3.63, 3.8) is 0 Å². The molecule has 0 amide bonds. The number of benzene rings is 1. The lowest BCUT2D eigenvalue weighted by Gasteiger charge is -2.29. The first-order valence-electron chi connectivity index (χ1n) is 7.93. The van der Waals surface area contributed by atoms with Gasteiger partial charge in [0.2, 0.25) is 0 Å². The minimum Gasteiger partial charge on any atom is -0.507 e. The molecule has 1 atom stereocenters. The molecule has 0 heterocycles. The van der Waals surface area contributed by atoms with Gasteiger partial charge in [-0.25, -0.2) is 0 Å². The van der Waals surface area contributed by atoms with Gasteiger partial charge in [0, 0.05) is 23.7 Å². The number of hydrogen-bond acceptors (Lipinski definition) is 3. The quantitative estimate of drug-likeness (QED) is 0.797. The van der Waals surface area contributed by atoms with Crippen LogP contribution in [-0.2, 0) is 10.8 Å². The van der Waals surface area contributed by atoms with Gasteiger partial charge in [-0.1, -0.05) is 53.7 Å². The van der Waals surface area contributed by atoms with E-state index in [1.165, 1.54) is 5.56 Å². The van der Waals surface area contributed by atoms with Crippen molar-refractivity contribution in [2.75, 3.05) is 6.54 Å². The predicted molar refractivity (Wildman–Crippen MR) is 96.2 cm³/mol. The summed E-state index contributed by atoms with van der Waals surface area (Å²) in [5, 5.41) is 10.8. The zero-order chi connectivity index (χ0) is 17.3. The highest BCUT2D eigenvalue weighted by Crippen LogP contribution is 2.40. The maximum Gasteiger partial charge on any atom is 0.126 e. The van der Waals surface area contributed by atoms with Crippen molar-refractivity contribution in [2.24, 2.45) is 11.5 Å². The molecular formula is C19H32N2O. The van der Waals surface area contributed by atoms with E-state index in [2.05, 4.69) is 53.7 Å². The standard InChI is InChI=1S/C19H32N2O/c1-8-13(16(21)11-20)14-9-12(18(2,3)4)10-15(17(14)22)19(5,6)7/h8-10,16,22H,11,20-21H2,1-7H3. The van der Waals surface area contributed by atoms with Gasteiger partial charge in [-0.05, 0) is 35.0 Å². The largest absolute Gasteiger partial charge is 0.507 e. The molecule has 1 rings (SSSR count). The highest BCUT2D eigenvalue weighted by atomic mass is 16.3. The molecule has 124 valence electrons. The van der Waals surface area contributed by atoms with E-state index in [4.69, 9.17) is 11.5 Å². The molecule has 1 aromatic carbocycles. The van der Waals surface area contributed by atoms with E-state index in [1.54, 1.807) is 0 Å². The Labute approximate surface area is 135 Å². The zero-order valence-electron chi connectivity index (χ0n) is 15.1. The van der Waals surface area contributed by atoms with Gasteiger partial charge in [-0.3, -0.25) is 0 Å². The lowest BCUT2D eigenvalue weighted by Crippen LogP contribution is -2.31. The Balaban J connectivity index is 3.70. The van der Waals surface area contributed by atoms with Gasteiger partial charge >= 0.3 is 0 Å². The molecule has 0 spiro atoms. The maximum absolute atomic E-state index is 10.8. The molecule has 3 heteroatoms. The van der Waals surface area contributed by atoms with E-state index in [1.807, 2.05) is 13.0 Å². The second-order valence-electron chi connectivity index (χ2n) is 8.01. The van der Waals surface area contributed by atoms with Crippen LogP contribution in [0.25, 0.3) is 5.57 Å². The van der Waals surface area contributed by atoms with E-state index in [0.29, 0.717) is 12.3 Å². The summed E-state index contributed by atoms with van der Waals surface area (Å²) in [5.41, 5.74) is 15.6. The van der Waals surface area contributed by atoms with Crippen molar-refractivity contribution in [2.45, 2.75) is 65.3 Å². The van der Waals surface area contributed by atoms with Gasteiger partial charge in [-0.15, -0.1) is 0 Å². The van der Waals surface area contributed by atoms with E-state index < -0.39 is 0 Å². The van der Waals surface area contributed by atoms with Crippen LogP contribution in [-0.4, -0.2) is 17.7 Å². The number of phenols is 1. The average molecular weight is 304 g/mol. The van der Waals surface area contributed by atoms with Crippen LogP contribution < -0.4 is 11.5 Å². The van der Waals surface area contributed by atoms with Crippen LogP contribution in [0.2, 0.25) is 0 Å². The Morgan fingerprint density at radius 3 is 2.05 bits per heavy atom. The summed E-state index contributed by atoms with van der Waals surface area (Å²) in [5.74, 6) is 0.317. The van der Waals surface area contributed by atoms with Gasteiger partial charge in [0.25, 0.3) is 0 Å². The zero-order valence-corrected chi connectivity index (χ0v) is 15.1. The Kier molecular flexibility index (Phi) is 5.47. The highest BCUT2D eigenvalue weighted by Gasteiger charge is 2.26. The summed E-state index contributed by atoms with van der Waals surface area (Å²) >= 11 is 0. The maximum atomic E-state index is 10.8. The highest BCUT2D eigenvalue weighted by molar-refractivity contribution is 5.76. The lowest BCUT2D eigenvalue weighted by molar-refractivity contribution is 0.442. The van der Waals surface area contributed by atoms with Gasteiger partial charge in [0.05, 0.1) is 0 Å². The molecule has 0 fully saturated rings. The normalized spacial score (nSPS) is 15.0. The van der Waals surface area contributed by atoms with Crippen LogP contribution in [0.3, 0.4) is 0 Å². The average Bonchev–Trinajstić information content (AvgIpc) is 2.38. The third kappa shape index (κ3) is 3.90. The Morgan fingerprint density at radius 2 is 1.68 bits per heavy atom. The van der Waals surface area contributed by atoms with Crippen LogP contribution in [0, 0.1) is 0 Å². The van der Waals surface area contributed by atoms with E-state index in [0.717, 1.165) is 16.7 Å². The number of phenolic OH excluding ortho intramolecular Hbond substituents is 1. The number of rotatable bonds is 3. The van der Waals surface area contributed by atoms with E-state index in [-0.39, 0.29) is 16.9 Å². The topological polar surface area (TPSA) is 72.3 Å². The SMILES string of the molecule is CC=C(c1cc(C(C)(C)C)cc(C(C)(C)C)c1O)C(N)CN. The molecule has 3 nitrogen and oxygen atoms in total. The molecule has 22 heavy (non-hydrogen) atoms. The van der Waals surface area contributed by atoms with E-state index >= 15 is 0 Å². The van der Waals surface area contributed by atoms with Gasteiger partial charge in [0.15, 0.2) is 0 Å². The molecule has 5 N–H and O–H groups in total. The van der Waals surface area contributed by atoms with Gasteiger partial charge in [0.1, 0.15) is 5.75 Å². The molecular weight excluding hydrogens is 272 g/mol. The molecule has 0 aliphatic carbocycles. The van der Waals surface area contributed by atoms with Crippen LogP contribution in [0.1, 0.15) is 65.2 Å². The fourth-order valence-corrected chi connectivity index (χ4v) is 2.56. The summed E-state index contributed by atoms with van der Waals surface area (Å²) in [6, 6.07) is 3.88. The fraction of sp³-hybridized carbons (Fsp3) is 0.579. The van der Waals surface area contributed by atoms with Crippen molar-refractivity contribution < 1.29 is 5.11 Å². The van der Waals surface area contributed by atoms with Gasteiger partial charge < -0.3 is 16.6 Å². The lowest BCUT2D eigenvalue weighted by atomic mass is 9.77. The Morgan fingerprint density at radius 1 is 1.14 bits per heavy atom. The third-order valence-corrected chi connectivity index (χ3v) is 4.06. The molecule has 0 radical (unpaired) electrons. The first kappa shape index (κ1) is 18.7. The summed E-state index contributed by atoms with van der Waals surface area (Å²) in [4.78, 5) is 0. The monoisotopic (exact) mass is 304 g/mol. The second kappa shape index (κ2) is 6.43. The van der Waals surface area contributed by atoms with Crippen LogP contribution in [0.15, 0.2) is 18.2 Å². The molecule has 1 aromatic rings. The minimum absolute atomic E-state index is 0.00584. The number of aromatic hydroxyl groups is 1. The first-order valence-corrected chi connectivity index (χ1v) is 7.93. The number of nitrogens with two attached hydrogens (primary N) is 2. The summed E-state index contributed by atoms with van der Waals surface area (Å²) < 4.78 is 0. The molecule has 0 aliphatic heterocycles. The molecule has 0 saturated heterocycles. The second-order valence-corrected chi connectivity index (χ2v) is 8.01. The fourth-order valence-electron chi connectivity index (χ4n) is 2.56. The van der Waals surface area contributed by atoms with Gasteiger partial charge in [-0.2, -0.15) is 0 Å². The van der Waals surface area contributed by atoms with Crippen molar-refractivity contribution in [3.8, 4) is 5.75 Å². The summed E-state index contributed by atoms with van der Waals surface area (Å²) in [7, 11) is 0. The molecule has 0 aromatic heterocycles. The minimum atomic E-state index is -0.279. The van der Waals surface area contributed by atoms with E-state index in [9.17, 15) is 5.11 Å². The summed E-state index contributed by atoms with van der Waals surface area (Å²) in [6.07, 6.45) is 1.95. The Bertz CT molecular complexity index is 560. The molecule has 0 saturated carbocycles. The third-order valence-electron chi connectivity index (χ3n) is 4.06. The smallest absolute Gasteiger partial charge is 0.126 e. The number of allylic oxidation sites excluding steroid dienone is 1. The van der Waals surface area contributed by atoms with Crippen molar-refractivity contribution in [1.82, 2.24) is 0 Å². The molecule has 1 unspecified atom stereocenters. The van der Waals surface area contributed by atoms with Crippen molar-refractivity contribution in [3.05, 3.63) is 34.9 Å². The molecule has 0 aliphatic rings. The first-order chi connectivity index (χ1) is 9.93. The predicted octanol–water partition coefficient (Wildman–Crippen LogP) is 3.68.